The van der Waals surface area contributed by atoms with E-state index < -0.39 is 27.7 Å². The van der Waals surface area contributed by atoms with E-state index in [1.54, 1.807) is 20.8 Å². The van der Waals surface area contributed by atoms with Crippen molar-refractivity contribution in [1.82, 2.24) is 9.29 Å². The fourth-order valence-corrected chi connectivity index (χ4v) is 2.92. The number of carboxylic acid groups (broad SMARTS) is 1. The Kier molecular flexibility index (Phi) is 4.42. The van der Waals surface area contributed by atoms with E-state index in [4.69, 9.17) is 4.74 Å². The molecule has 24 heavy (non-hydrogen) atoms. The lowest BCUT2D eigenvalue weighted by atomic mass is 10.2. The lowest BCUT2D eigenvalue weighted by Crippen LogP contribution is -2.28. The molecule has 0 aliphatic heterocycles. The van der Waals surface area contributed by atoms with E-state index in [1.807, 2.05) is 0 Å². The van der Waals surface area contributed by atoms with Crippen LogP contribution in [-0.2, 0) is 14.8 Å². The van der Waals surface area contributed by atoms with Gasteiger partial charge in [-0.05, 0) is 40.0 Å². The second-order valence-corrected chi connectivity index (χ2v) is 7.98. The molecule has 0 bridgehead atoms. The molecule has 2 rings (SSSR count). The molecular weight excluding hydrogens is 336 g/mol. The molecule has 2 aromatic rings. The molecule has 9 heteroatoms. The van der Waals surface area contributed by atoms with Crippen molar-refractivity contribution in [1.29, 1.82) is 0 Å². The molecule has 0 aliphatic rings. The van der Waals surface area contributed by atoms with Crippen molar-refractivity contribution >= 4 is 32.9 Å². The lowest BCUT2D eigenvalue weighted by Gasteiger charge is -2.19. The number of rotatable bonds is 3. The van der Waals surface area contributed by atoms with Crippen LogP contribution in [0.25, 0.3) is 10.8 Å². The van der Waals surface area contributed by atoms with Crippen LogP contribution >= 0.6 is 0 Å². The van der Waals surface area contributed by atoms with Gasteiger partial charge in [0.1, 0.15) is 11.3 Å². The topological polar surface area (TPSA) is 115 Å². The Morgan fingerprint density at radius 2 is 1.88 bits per heavy atom. The Morgan fingerprint density at radius 1 is 1.25 bits per heavy atom. The highest BCUT2D eigenvalue weighted by atomic mass is 32.2. The molecule has 0 fully saturated rings. The van der Waals surface area contributed by atoms with Crippen molar-refractivity contribution in [2.45, 2.75) is 31.3 Å². The molecule has 2 N–H and O–H groups in total. The van der Waals surface area contributed by atoms with E-state index in [0.29, 0.717) is 5.39 Å². The predicted molar refractivity (Wildman–Crippen MR) is 86.8 cm³/mol. The maximum atomic E-state index is 12.2. The number of benzene rings is 1. The number of aromatic carboxylic acids is 1. The Morgan fingerprint density at radius 3 is 2.38 bits per heavy atom. The molecule has 0 aliphatic carbocycles. The van der Waals surface area contributed by atoms with Gasteiger partial charge < -0.3 is 9.84 Å². The number of hydrogen-bond acceptors (Lipinski definition) is 5. The monoisotopic (exact) mass is 354 g/mol. The summed E-state index contributed by atoms with van der Waals surface area (Å²) in [6, 6.07) is 3.93. The Labute approximate surface area is 139 Å². The van der Waals surface area contributed by atoms with E-state index in [9.17, 15) is 23.1 Å². The normalized spacial score (nSPS) is 12.3. The third-order valence-electron chi connectivity index (χ3n) is 3.16. The van der Waals surface area contributed by atoms with Crippen LogP contribution in [0.2, 0.25) is 0 Å². The number of nitrogens with zero attached hydrogens (tertiary/aromatic N) is 1. The first-order valence-corrected chi connectivity index (χ1v) is 8.50. The molecule has 0 spiro atoms. The number of carboxylic acids is 1. The standard InChI is InChI=1S/C15H18N2O6S/c1-15(2,3)23-14(20)17-8-9-7-10(24(21,22)16-4)5-6-11(9)12(17)13(18)19/h5-8,16H,1-4H3,(H,18,19). The lowest BCUT2D eigenvalue weighted by molar-refractivity contribution is 0.0507. The number of fused-ring (bicyclic) bond motifs is 1. The summed E-state index contributed by atoms with van der Waals surface area (Å²) < 4.78 is 32.0. The van der Waals surface area contributed by atoms with Crippen LogP contribution in [0.3, 0.4) is 0 Å². The summed E-state index contributed by atoms with van der Waals surface area (Å²) in [5, 5.41) is 9.96. The summed E-state index contributed by atoms with van der Waals surface area (Å²) in [5.74, 6) is -1.32. The van der Waals surface area contributed by atoms with Crippen LogP contribution in [0.15, 0.2) is 29.3 Å². The minimum atomic E-state index is -3.69. The quantitative estimate of drug-likeness (QED) is 0.871. The van der Waals surface area contributed by atoms with Gasteiger partial charge in [-0.3, -0.25) is 0 Å². The largest absolute Gasteiger partial charge is 0.477 e. The van der Waals surface area contributed by atoms with Crippen molar-refractivity contribution < 1.29 is 27.9 Å². The van der Waals surface area contributed by atoms with Gasteiger partial charge in [0.25, 0.3) is 0 Å². The number of sulfonamides is 1. The van der Waals surface area contributed by atoms with Crippen molar-refractivity contribution in [3.8, 4) is 0 Å². The highest BCUT2D eigenvalue weighted by molar-refractivity contribution is 7.89. The Balaban J connectivity index is 2.66. The summed E-state index contributed by atoms with van der Waals surface area (Å²) in [7, 11) is -2.41. The van der Waals surface area contributed by atoms with Crippen LogP contribution < -0.4 is 4.72 Å². The molecule has 130 valence electrons. The fraction of sp³-hybridized carbons (Fsp3) is 0.333. The fourth-order valence-electron chi connectivity index (χ4n) is 2.16. The third kappa shape index (κ3) is 3.41. The average molecular weight is 354 g/mol. The third-order valence-corrected chi connectivity index (χ3v) is 4.57. The van der Waals surface area contributed by atoms with Gasteiger partial charge in [0.05, 0.1) is 4.90 Å². The number of nitrogens with one attached hydrogen (secondary N) is 1. The number of ether oxygens (including phenoxy) is 1. The number of aromatic nitrogens is 1. The van der Waals surface area contributed by atoms with Gasteiger partial charge in [0.2, 0.25) is 10.0 Å². The Bertz CT molecular complexity index is 921. The van der Waals surface area contributed by atoms with Crippen molar-refractivity contribution in [3.05, 3.63) is 30.1 Å². The van der Waals surface area contributed by atoms with Crippen molar-refractivity contribution in [2.75, 3.05) is 7.05 Å². The van der Waals surface area contributed by atoms with E-state index in [0.717, 1.165) is 4.57 Å². The summed E-state index contributed by atoms with van der Waals surface area (Å²) in [6.45, 7) is 4.98. The zero-order valence-corrected chi connectivity index (χ0v) is 14.5. The van der Waals surface area contributed by atoms with Crippen LogP contribution in [0.4, 0.5) is 4.79 Å². The van der Waals surface area contributed by atoms with Crippen LogP contribution in [0.5, 0.6) is 0 Å². The van der Waals surface area contributed by atoms with Crippen LogP contribution in [0.1, 0.15) is 31.3 Å². The van der Waals surface area contributed by atoms with Crippen LogP contribution in [0, 0.1) is 0 Å². The highest BCUT2D eigenvalue weighted by Crippen LogP contribution is 2.25. The zero-order valence-electron chi connectivity index (χ0n) is 13.7. The van der Waals surface area contributed by atoms with Gasteiger partial charge >= 0.3 is 12.1 Å². The maximum Gasteiger partial charge on any atom is 0.419 e. The molecule has 0 unspecified atom stereocenters. The first-order valence-electron chi connectivity index (χ1n) is 7.01. The number of hydrogen-bond donors (Lipinski definition) is 2. The van der Waals surface area contributed by atoms with Gasteiger partial charge in [0.15, 0.2) is 0 Å². The molecule has 0 radical (unpaired) electrons. The molecule has 1 heterocycles. The van der Waals surface area contributed by atoms with Gasteiger partial charge in [0, 0.05) is 17.0 Å². The summed E-state index contributed by atoms with van der Waals surface area (Å²) >= 11 is 0. The summed E-state index contributed by atoms with van der Waals surface area (Å²) in [4.78, 5) is 23.8. The predicted octanol–water partition coefficient (Wildman–Crippen LogP) is 2.03. The first kappa shape index (κ1) is 18.0. The minimum absolute atomic E-state index is 0.0317. The molecule has 0 atom stereocenters. The molecule has 1 aromatic carbocycles. The SMILES string of the molecule is CNS(=O)(=O)c1ccc2c(C(=O)O)n(C(=O)OC(C)(C)C)cc2c1. The zero-order chi connectivity index (χ0) is 18.3. The smallest absolute Gasteiger partial charge is 0.419 e. The van der Waals surface area contributed by atoms with Crippen LogP contribution in [-0.4, -0.2) is 42.8 Å². The van der Waals surface area contributed by atoms with E-state index in [-0.39, 0.29) is 16.0 Å². The van der Waals surface area contributed by atoms with E-state index in [2.05, 4.69) is 4.72 Å². The van der Waals surface area contributed by atoms with Crippen molar-refractivity contribution in [3.63, 3.8) is 0 Å². The van der Waals surface area contributed by atoms with E-state index in [1.165, 1.54) is 31.4 Å². The maximum absolute atomic E-state index is 12.2. The van der Waals surface area contributed by atoms with Gasteiger partial charge in [-0.15, -0.1) is 0 Å². The first-order chi connectivity index (χ1) is 11.0. The second-order valence-electron chi connectivity index (χ2n) is 6.09. The van der Waals surface area contributed by atoms with Gasteiger partial charge in [-0.25, -0.2) is 27.3 Å². The number of carbonyl (C=O) groups is 2. The highest BCUT2D eigenvalue weighted by Gasteiger charge is 2.25. The summed E-state index contributed by atoms with van der Waals surface area (Å²) in [5.41, 5.74) is -1.09. The second kappa shape index (κ2) is 5.91. The van der Waals surface area contributed by atoms with Gasteiger partial charge in [-0.1, -0.05) is 6.07 Å². The molecule has 8 nitrogen and oxygen atoms in total. The molecule has 0 saturated heterocycles. The van der Waals surface area contributed by atoms with E-state index >= 15 is 0 Å². The number of carbonyl (C=O) groups excluding carboxylic acids is 1. The average Bonchev–Trinajstić information content (AvgIpc) is 2.84. The molecule has 0 saturated carbocycles. The van der Waals surface area contributed by atoms with Gasteiger partial charge in [-0.2, -0.15) is 0 Å². The molecular formula is C15H18N2O6S. The Hall–Kier alpha value is -2.39. The van der Waals surface area contributed by atoms with Crippen molar-refractivity contribution in [2.24, 2.45) is 0 Å². The minimum Gasteiger partial charge on any atom is -0.477 e. The molecule has 1 aromatic heterocycles. The summed E-state index contributed by atoms with van der Waals surface area (Å²) in [6.07, 6.45) is 0.399. The molecule has 0 amide bonds.